The number of halogens is 1. The lowest BCUT2D eigenvalue weighted by Gasteiger charge is -2.49. The first-order chi connectivity index (χ1) is 23.1. The quantitative estimate of drug-likeness (QED) is 0.200. The van der Waals surface area contributed by atoms with Crippen LogP contribution in [0.15, 0.2) is 66.6 Å². The third-order valence-electron chi connectivity index (χ3n) is 9.64. The zero-order chi connectivity index (χ0) is 34.0. The van der Waals surface area contributed by atoms with E-state index in [4.69, 9.17) is 14.7 Å². The number of carbonyl (C=O) groups excluding carboxylic acids is 2. The maximum absolute atomic E-state index is 15.7. The van der Waals surface area contributed by atoms with Crippen LogP contribution < -0.4 is 20.1 Å². The highest BCUT2D eigenvalue weighted by molar-refractivity contribution is 6.12. The summed E-state index contributed by atoms with van der Waals surface area (Å²) in [4.78, 5) is 56.6. The van der Waals surface area contributed by atoms with Crippen molar-refractivity contribution < 1.29 is 18.7 Å². The van der Waals surface area contributed by atoms with E-state index in [1.54, 1.807) is 40.9 Å². The lowest BCUT2D eigenvalue weighted by molar-refractivity contribution is -0.130. The summed E-state index contributed by atoms with van der Waals surface area (Å²) in [6, 6.07) is 7.38. The number of likely N-dealkylation sites (N-methyl/N-ethyl adjacent to an activating group) is 1. The molecule has 0 bridgehead atoms. The zero-order valence-electron chi connectivity index (χ0n) is 27.5. The van der Waals surface area contributed by atoms with Crippen molar-refractivity contribution in [3.8, 4) is 22.7 Å². The minimum Gasteiger partial charge on any atom is -0.489 e. The predicted octanol–water partition coefficient (Wildman–Crippen LogP) is 5.21. The van der Waals surface area contributed by atoms with Gasteiger partial charge in [-0.15, -0.1) is 0 Å². The van der Waals surface area contributed by atoms with Crippen LogP contribution in [-0.4, -0.2) is 70.1 Å². The van der Waals surface area contributed by atoms with Gasteiger partial charge in [-0.05, 0) is 75.1 Å². The van der Waals surface area contributed by atoms with E-state index in [0.29, 0.717) is 46.0 Å². The fraction of sp³-hybridized carbons (Fsp3) is 0.324. The summed E-state index contributed by atoms with van der Waals surface area (Å²) in [5, 5.41) is 0.626. The third-order valence-corrected chi connectivity index (χ3v) is 9.64. The minimum absolute atomic E-state index is 0.135. The lowest BCUT2D eigenvalue weighted by Crippen LogP contribution is -2.66. The molecule has 246 valence electrons. The molecule has 1 aliphatic carbocycles. The van der Waals surface area contributed by atoms with Crippen molar-refractivity contribution in [3.05, 3.63) is 94.8 Å². The molecule has 2 amide bonds. The molecule has 1 aromatic carbocycles. The Hall–Kier alpha value is -5.32. The Bertz CT molecular complexity index is 2100. The summed E-state index contributed by atoms with van der Waals surface area (Å²) in [6.07, 6.45) is 6.48. The number of hydrogen-bond acceptors (Lipinski definition) is 7. The van der Waals surface area contributed by atoms with Gasteiger partial charge in [0.1, 0.15) is 35.6 Å². The van der Waals surface area contributed by atoms with Crippen molar-refractivity contribution in [2.45, 2.75) is 51.6 Å². The smallest absolute Gasteiger partial charge is 0.283 e. The molecule has 0 spiro atoms. The van der Waals surface area contributed by atoms with Crippen LogP contribution in [0.1, 0.15) is 42.5 Å². The van der Waals surface area contributed by atoms with E-state index in [-0.39, 0.29) is 48.2 Å². The van der Waals surface area contributed by atoms with E-state index in [2.05, 4.69) is 13.2 Å². The molecule has 1 saturated heterocycles. The van der Waals surface area contributed by atoms with Gasteiger partial charge >= 0.3 is 0 Å². The Morgan fingerprint density at radius 3 is 2.56 bits per heavy atom. The molecular weight excluding hydrogens is 611 g/mol. The Morgan fingerprint density at radius 2 is 1.85 bits per heavy atom. The number of rotatable bonds is 7. The Balaban J connectivity index is 1.58. The van der Waals surface area contributed by atoms with E-state index in [1.165, 1.54) is 17.0 Å². The second kappa shape index (κ2) is 11.7. The van der Waals surface area contributed by atoms with Crippen LogP contribution in [0.2, 0.25) is 0 Å². The summed E-state index contributed by atoms with van der Waals surface area (Å²) in [5.74, 6) is -0.577. The molecular formula is C37H37FN6O4. The number of benzene rings is 1. The minimum atomic E-state index is -0.728. The molecule has 11 heteroatoms. The van der Waals surface area contributed by atoms with Gasteiger partial charge in [-0.3, -0.25) is 23.9 Å². The van der Waals surface area contributed by atoms with Crippen LogP contribution in [-0.2, 0) is 9.59 Å². The van der Waals surface area contributed by atoms with Crippen LogP contribution in [0.5, 0.6) is 5.75 Å². The molecule has 48 heavy (non-hydrogen) atoms. The van der Waals surface area contributed by atoms with Gasteiger partial charge in [0.2, 0.25) is 5.91 Å². The van der Waals surface area contributed by atoms with E-state index < -0.39 is 17.4 Å². The van der Waals surface area contributed by atoms with Crippen LogP contribution in [0.4, 0.5) is 15.8 Å². The molecule has 3 aromatic heterocycles. The van der Waals surface area contributed by atoms with Crippen LogP contribution >= 0.6 is 0 Å². The zero-order valence-corrected chi connectivity index (χ0v) is 27.5. The molecule has 0 radical (unpaired) electrons. The second-order valence-electron chi connectivity index (χ2n) is 12.8. The highest BCUT2D eigenvalue weighted by Gasteiger charge is 2.46. The number of aryl methyl sites for hydroxylation is 2. The number of aromatic nitrogens is 3. The number of piperazine rings is 1. The lowest BCUT2D eigenvalue weighted by atomic mass is 9.97. The number of anilines is 2. The number of ether oxygens (including phenoxy) is 1. The molecule has 10 nitrogen and oxygen atoms in total. The third kappa shape index (κ3) is 4.79. The second-order valence-corrected chi connectivity index (χ2v) is 12.8. The number of carbonyl (C=O) groups is 2. The van der Waals surface area contributed by atoms with Gasteiger partial charge in [-0.2, -0.15) is 0 Å². The summed E-state index contributed by atoms with van der Waals surface area (Å²) in [5.41, 5.74) is 4.06. The first-order valence-electron chi connectivity index (χ1n) is 16.1. The average molecular weight is 649 g/mol. The molecule has 2 atom stereocenters. The monoisotopic (exact) mass is 648 g/mol. The largest absolute Gasteiger partial charge is 0.489 e. The van der Waals surface area contributed by atoms with Crippen molar-refractivity contribution in [3.63, 3.8) is 0 Å². The molecule has 0 unspecified atom stereocenters. The SMILES string of the molecule is C=CCOc1cccc(F)c1-c1nc2c(cc1C)c1c(c(=O)n2-c2c(C)ccnc2C2CC2)N(C)C(=O)[C@H]2CN(C(=O)C=C)[C@H](C)CN12. The predicted molar refractivity (Wildman–Crippen MR) is 184 cm³/mol. The van der Waals surface area contributed by atoms with Crippen molar-refractivity contribution in [1.82, 2.24) is 19.4 Å². The summed E-state index contributed by atoms with van der Waals surface area (Å²) < 4.78 is 23.2. The average Bonchev–Trinajstić information content (AvgIpc) is 3.92. The van der Waals surface area contributed by atoms with Gasteiger partial charge in [0, 0.05) is 37.1 Å². The van der Waals surface area contributed by atoms with E-state index in [9.17, 15) is 9.59 Å². The normalized spacial score (nSPS) is 18.9. The summed E-state index contributed by atoms with van der Waals surface area (Å²) in [6.45, 7) is 13.7. The Morgan fingerprint density at radius 1 is 1.08 bits per heavy atom. The van der Waals surface area contributed by atoms with Crippen LogP contribution in [0.3, 0.4) is 0 Å². The number of pyridine rings is 3. The molecule has 0 N–H and O–H groups in total. The first kappa shape index (κ1) is 31.3. The molecule has 7 rings (SSSR count). The molecule has 1 saturated carbocycles. The molecule has 2 aliphatic heterocycles. The maximum atomic E-state index is 15.7. The number of amides is 2. The fourth-order valence-electron chi connectivity index (χ4n) is 7.15. The fourth-order valence-corrected chi connectivity index (χ4v) is 7.15. The van der Waals surface area contributed by atoms with Gasteiger partial charge in [-0.25, -0.2) is 9.37 Å². The first-order valence-corrected chi connectivity index (χ1v) is 16.1. The van der Waals surface area contributed by atoms with Crippen molar-refractivity contribution in [2.75, 3.05) is 36.5 Å². The summed E-state index contributed by atoms with van der Waals surface area (Å²) >= 11 is 0. The van der Waals surface area contributed by atoms with Crippen LogP contribution in [0.25, 0.3) is 28.0 Å². The Kier molecular flexibility index (Phi) is 7.65. The number of nitrogens with zero attached hydrogens (tertiary/aromatic N) is 6. The molecule has 2 fully saturated rings. The van der Waals surface area contributed by atoms with Gasteiger partial charge in [0.15, 0.2) is 0 Å². The maximum Gasteiger partial charge on any atom is 0.283 e. The highest BCUT2D eigenvalue weighted by atomic mass is 19.1. The molecule has 3 aliphatic rings. The summed E-state index contributed by atoms with van der Waals surface area (Å²) in [7, 11) is 1.60. The van der Waals surface area contributed by atoms with E-state index in [0.717, 1.165) is 24.1 Å². The van der Waals surface area contributed by atoms with Gasteiger partial charge in [-0.1, -0.05) is 25.3 Å². The molecule has 4 aromatic rings. The highest BCUT2D eigenvalue weighted by Crippen LogP contribution is 2.46. The number of fused-ring (bicyclic) bond motifs is 5. The van der Waals surface area contributed by atoms with E-state index in [1.807, 2.05) is 37.8 Å². The van der Waals surface area contributed by atoms with Crippen molar-refractivity contribution >= 4 is 34.2 Å². The van der Waals surface area contributed by atoms with E-state index >= 15 is 9.18 Å². The van der Waals surface area contributed by atoms with Crippen LogP contribution in [0, 0.1) is 19.7 Å². The van der Waals surface area contributed by atoms with Gasteiger partial charge in [0.25, 0.3) is 11.5 Å². The standard InChI is InChI=1S/C37H37FN6O4/c1-7-16-48-27-11-9-10-25(38)29(27)30-21(4)17-24-33-34(41(6)36(46)26-19-42(28(45)8-2)22(5)18-43(26)33)37(47)44(35(24)40-30)32-20(3)14-15-39-31(32)23-12-13-23/h7-11,14-15,17,22-23,26H,1-2,12-13,16,18-19H2,3-6H3/t22-,26-/m1/s1. The molecule has 5 heterocycles. The van der Waals surface area contributed by atoms with Crippen molar-refractivity contribution in [1.29, 1.82) is 0 Å². The number of hydrogen-bond donors (Lipinski definition) is 0. The topological polar surface area (TPSA) is 101 Å². The van der Waals surface area contributed by atoms with Crippen molar-refractivity contribution in [2.24, 2.45) is 0 Å². The van der Waals surface area contributed by atoms with Gasteiger partial charge in [0.05, 0.1) is 34.9 Å². The van der Waals surface area contributed by atoms with Gasteiger partial charge < -0.3 is 19.4 Å². The Labute approximate surface area is 277 Å².